The number of nitrogen functional groups attached to an aromatic ring is 1. The summed E-state index contributed by atoms with van der Waals surface area (Å²) in [6.07, 6.45) is 3.80. The Labute approximate surface area is 102 Å². The highest BCUT2D eigenvalue weighted by Crippen LogP contribution is 2.36. The van der Waals surface area contributed by atoms with Gasteiger partial charge >= 0.3 is 0 Å². The van der Waals surface area contributed by atoms with Crippen LogP contribution in [0, 0.1) is 6.92 Å². The Morgan fingerprint density at radius 2 is 2.12 bits per heavy atom. The molecule has 5 heteroatoms. The van der Waals surface area contributed by atoms with E-state index in [1.54, 1.807) is 0 Å². The van der Waals surface area contributed by atoms with E-state index in [0.717, 1.165) is 18.1 Å². The maximum absolute atomic E-state index is 5.63. The van der Waals surface area contributed by atoms with Crippen molar-refractivity contribution >= 4 is 11.8 Å². The number of nitrogens with zero attached hydrogens (tertiary/aromatic N) is 3. The number of nitrogens with two attached hydrogens (primary N) is 1. The number of hydrogen-bond donors (Lipinski definition) is 2. The van der Waals surface area contributed by atoms with Crippen LogP contribution in [0.5, 0.6) is 0 Å². The Morgan fingerprint density at radius 3 is 2.59 bits per heavy atom. The molecular weight excluding hydrogens is 214 g/mol. The van der Waals surface area contributed by atoms with Gasteiger partial charge in [0, 0.05) is 23.8 Å². The van der Waals surface area contributed by atoms with Crippen LogP contribution in [0.2, 0.25) is 0 Å². The lowest BCUT2D eigenvalue weighted by molar-refractivity contribution is 0.0738. The van der Waals surface area contributed by atoms with Crippen molar-refractivity contribution in [3.05, 3.63) is 11.8 Å². The van der Waals surface area contributed by atoms with E-state index in [1.807, 2.05) is 13.0 Å². The second kappa shape index (κ2) is 4.49. The van der Waals surface area contributed by atoms with Gasteiger partial charge in [-0.25, -0.2) is 4.98 Å². The van der Waals surface area contributed by atoms with Gasteiger partial charge in [0.1, 0.15) is 5.82 Å². The quantitative estimate of drug-likeness (QED) is 0.822. The van der Waals surface area contributed by atoms with Crippen molar-refractivity contribution in [3.8, 4) is 0 Å². The van der Waals surface area contributed by atoms with Gasteiger partial charge in [0.15, 0.2) is 0 Å². The molecule has 0 unspecified atom stereocenters. The zero-order valence-electron chi connectivity index (χ0n) is 10.8. The van der Waals surface area contributed by atoms with Crippen molar-refractivity contribution in [3.63, 3.8) is 0 Å². The van der Waals surface area contributed by atoms with E-state index >= 15 is 0 Å². The number of hydrogen-bond acceptors (Lipinski definition) is 5. The number of aryl methyl sites for hydroxylation is 1. The number of nitrogens with one attached hydrogen (secondary N) is 1. The van der Waals surface area contributed by atoms with E-state index in [1.165, 1.54) is 19.3 Å². The standard InChI is InChI=1S/C12H21N5/c1-9-7-10(16-11(13)15-9)14-8-12(17(2)3)5-4-6-12/h7H,4-6,8H2,1-3H3,(H3,13,14,15,16). The number of anilines is 2. The average molecular weight is 235 g/mol. The molecule has 1 saturated carbocycles. The molecule has 0 spiro atoms. The molecular formula is C12H21N5. The summed E-state index contributed by atoms with van der Waals surface area (Å²) >= 11 is 0. The fourth-order valence-electron chi connectivity index (χ4n) is 2.30. The molecule has 17 heavy (non-hydrogen) atoms. The molecule has 0 saturated heterocycles. The molecule has 5 nitrogen and oxygen atoms in total. The molecule has 1 aromatic rings. The van der Waals surface area contributed by atoms with Crippen LogP contribution in [-0.2, 0) is 0 Å². The first kappa shape index (κ1) is 12.1. The number of likely N-dealkylation sites (N-methyl/N-ethyl adjacent to an activating group) is 1. The molecule has 1 fully saturated rings. The molecule has 3 N–H and O–H groups in total. The molecule has 0 amide bonds. The predicted octanol–water partition coefficient (Wildman–Crippen LogP) is 1.26. The monoisotopic (exact) mass is 235 g/mol. The summed E-state index contributed by atoms with van der Waals surface area (Å²) in [5.74, 6) is 1.16. The van der Waals surface area contributed by atoms with Crippen LogP contribution in [0.15, 0.2) is 6.07 Å². The Morgan fingerprint density at radius 1 is 1.41 bits per heavy atom. The molecule has 94 valence electrons. The topological polar surface area (TPSA) is 67.1 Å². The maximum atomic E-state index is 5.63. The van der Waals surface area contributed by atoms with Gasteiger partial charge < -0.3 is 16.0 Å². The highest BCUT2D eigenvalue weighted by molar-refractivity contribution is 5.40. The summed E-state index contributed by atoms with van der Waals surface area (Å²) in [5, 5.41) is 3.38. The van der Waals surface area contributed by atoms with Gasteiger partial charge in [-0.1, -0.05) is 0 Å². The van der Waals surface area contributed by atoms with Gasteiger partial charge in [0.05, 0.1) is 0 Å². The first-order chi connectivity index (χ1) is 8.02. The lowest BCUT2D eigenvalue weighted by Crippen LogP contribution is -2.54. The minimum atomic E-state index is 0.285. The van der Waals surface area contributed by atoms with Gasteiger partial charge in [-0.3, -0.25) is 0 Å². The highest BCUT2D eigenvalue weighted by atomic mass is 15.2. The maximum Gasteiger partial charge on any atom is 0.222 e. The molecule has 1 heterocycles. The highest BCUT2D eigenvalue weighted by Gasteiger charge is 2.38. The average Bonchev–Trinajstić information content (AvgIpc) is 2.13. The lowest BCUT2D eigenvalue weighted by Gasteiger charge is -2.47. The first-order valence-electron chi connectivity index (χ1n) is 6.04. The van der Waals surface area contributed by atoms with Crippen molar-refractivity contribution in [1.29, 1.82) is 0 Å². The van der Waals surface area contributed by atoms with Crippen LogP contribution in [-0.4, -0.2) is 41.0 Å². The fraction of sp³-hybridized carbons (Fsp3) is 0.667. The SMILES string of the molecule is Cc1cc(NCC2(N(C)C)CCC2)nc(N)n1. The molecule has 0 aliphatic heterocycles. The smallest absolute Gasteiger partial charge is 0.222 e. The third kappa shape index (κ3) is 2.49. The molecule has 1 aliphatic carbocycles. The minimum absolute atomic E-state index is 0.285. The Kier molecular flexibility index (Phi) is 3.19. The molecule has 0 atom stereocenters. The van der Waals surface area contributed by atoms with Crippen molar-refractivity contribution in [2.75, 3.05) is 31.7 Å². The first-order valence-corrected chi connectivity index (χ1v) is 6.04. The number of rotatable bonds is 4. The van der Waals surface area contributed by atoms with Crippen LogP contribution in [0.4, 0.5) is 11.8 Å². The van der Waals surface area contributed by atoms with Gasteiger partial charge in [0.2, 0.25) is 5.95 Å². The Bertz CT molecular complexity index is 378. The van der Waals surface area contributed by atoms with E-state index in [2.05, 4.69) is 34.3 Å². The summed E-state index contributed by atoms with van der Waals surface area (Å²) in [6, 6.07) is 1.93. The molecule has 1 aromatic heterocycles. The van der Waals surface area contributed by atoms with E-state index in [-0.39, 0.29) is 5.54 Å². The van der Waals surface area contributed by atoms with E-state index < -0.39 is 0 Å². The molecule has 0 bridgehead atoms. The van der Waals surface area contributed by atoms with Gasteiger partial charge in [-0.2, -0.15) is 4.98 Å². The van der Waals surface area contributed by atoms with Crippen molar-refractivity contribution in [2.24, 2.45) is 0 Å². The van der Waals surface area contributed by atoms with Crippen molar-refractivity contribution in [2.45, 2.75) is 31.7 Å². The Hall–Kier alpha value is -1.36. The van der Waals surface area contributed by atoms with Gasteiger partial charge in [-0.05, 0) is 40.3 Å². The van der Waals surface area contributed by atoms with Crippen LogP contribution >= 0.6 is 0 Å². The number of aromatic nitrogens is 2. The second-order valence-electron chi connectivity index (χ2n) is 5.08. The summed E-state index contributed by atoms with van der Waals surface area (Å²) in [6.45, 7) is 2.84. The van der Waals surface area contributed by atoms with E-state index in [4.69, 9.17) is 5.73 Å². The molecule has 0 aromatic carbocycles. The molecule has 2 rings (SSSR count). The lowest BCUT2D eigenvalue weighted by atomic mass is 9.75. The van der Waals surface area contributed by atoms with Crippen LogP contribution in [0.25, 0.3) is 0 Å². The fourth-order valence-corrected chi connectivity index (χ4v) is 2.30. The largest absolute Gasteiger partial charge is 0.368 e. The molecule has 1 aliphatic rings. The zero-order chi connectivity index (χ0) is 12.5. The zero-order valence-corrected chi connectivity index (χ0v) is 10.8. The van der Waals surface area contributed by atoms with Crippen LogP contribution in [0.1, 0.15) is 25.0 Å². The summed E-state index contributed by atoms with van der Waals surface area (Å²) in [4.78, 5) is 10.6. The van der Waals surface area contributed by atoms with E-state index in [9.17, 15) is 0 Å². The third-order valence-corrected chi connectivity index (χ3v) is 3.70. The summed E-state index contributed by atoms with van der Waals surface area (Å²) in [5.41, 5.74) is 6.81. The normalized spacial score (nSPS) is 17.9. The summed E-state index contributed by atoms with van der Waals surface area (Å²) < 4.78 is 0. The van der Waals surface area contributed by atoms with Crippen LogP contribution in [0.3, 0.4) is 0 Å². The molecule has 0 radical (unpaired) electrons. The van der Waals surface area contributed by atoms with Gasteiger partial charge in [0.25, 0.3) is 0 Å². The minimum Gasteiger partial charge on any atom is -0.368 e. The summed E-state index contributed by atoms with van der Waals surface area (Å²) in [7, 11) is 4.28. The van der Waals surface area contributed by atoms with Crippen LogP contribution < -0.4 is 11.1 Å². The van der Waals surface area contributed by atoms with Crippen molar-refractivity contribution in [1.82, 2.24) is 14.9 Å². The van der Waals surface area contributed by atoms with E-state index in [0.29, 0.717) is 5.95 Å². The van der Waals surface area contributed by atoms with Gasteiger partial charge in [-0.15, -0.1) is 0 Å². The second-order valence-corrected chi connectivity index (χ2v) is 5.08. The third-order valence-electron chi connectivity index (χ3n) is 3.70. The van der Waals surface area contributed by atoms with Crippen molar-refractivity contribution < 1.29 is 0 Å². The Balaban J connectivity index is 2.02. The predicted molar refractivity (Wildman–Crippen MR) is 69.9 cm³/mol.